The first-order chi connectivity index (χ1) is 14.5. The van der Waals surface area contributed by atoms with Gasteiger partial charge in [0.05, 0.1) is 17.0 Å². The highest BCUT2D eigenvalue weighted by atomic mass is 79.9. The van der Waals surface area contributed by atoms with Crippen LogP contribution in [0.4, 0.5) is 4.39 Å². The summed E-state index contributed by atoms with van der Waals surface area (Å²) in [5, 5.41) is 2.85. The van der Waals surface area contributed by atoms with Crippen LogP contribution in [0.2, 0.25) is 5.02 Å². The van der Waals surface area contributed by atoms with Gasteiger partial charge >= 0.3 is 5.97 Å². The first-order valence-electron chi connectivity index (χ1n) is 9.76. The van der Waals surface area contributed by atoms with E-state index in [1.165, 1.54) is 23.5 Å². The van der Waals surface area contributed by atoms with Gasteiger partial charge in [0, 0.05) is 34.4 Å². The number of benzene rings is 1. The molecule has 2 aliphatic heterocycles. The van der Waals surface area contributed by atoms with E-state index >= 15 is 0 Å². The Labute approximate surface area is 192 Å². The van der Waals surface area contributed by atoms with Gasteiger partial charge in [-0.15, -0.1) is 11.3 Å². The number of hydrogen-bond acceptors (Lipinski definition) is 6. The van der Waals surface area contributed by atoms with Gasteiger partial charge in [-0.05, 0) is 25.5 Å². The molecule has 0 N–H and O–H groups in total. The van der Waals surface area contributed by atoms with Crippen LogP contribution >= 0.6 is 38.9 Å². The van der Waals surface area contributed by atoms with E-state index in [4.69, 9.17) is 21.3 Å². The molecule has 0 amide bonds. The normalized spacial score (nSPS) is 20.3. The minimum absolute atomic E-state index is 0.0286. The SMILES string of the molecule is CC.CCOC(=O)C1=C2C(Br)CCN2C(c2nccs2)=NC1c1ccc(F)cc1Cl. The summed E-state index contributed by atoms with van der Waals surface area (Å²) in [6.07, 6.45) is 2.53. The Hall–Kier alpha value is -1.77. The highest BCUT2D eigenvalue weighted by Gasteiger charge is 2.43. The maximum absolute atomic E-state index is 13.6. The average molecular weight is 515 g/mol. The number of thiazole rings is 1. The summed E-state index contributed by atoms with van der Waals surface area (Å²) in [7, 11) is 0. The Kier molecular flexibility index (Phi) is 7.65. The molecule has 1 saturated heterocycles. The molecule has 30 heavy (non-hydrogen) atoms. The monoisotopic (exact) mass is 513 g/mol. The summed E-state index contributed by atoms with van der Waals surface area (Å²) < 4.78 is 19.0. The van der Waals surface area contributed by atoms with Crippen LogP contribution in [0, 0.1) is 5.82 Å². The van der Waals surface area contributed by atoms with E-state index < -0.39 is 17.8 Å². The summed E-state index contributed by atoms with van der Waals surface area (Å²) in [5.74, 6) is -0.202. The number of carbonyl (C=O) groups is 1. The third kappa shape index (κ3) is 4.31. The highest BCUT2D eigenvalue weighted by molar-refractivity contribution is 9.09. The maximum atomic E-state index is 13.6. The first kappa shape index (κ1) is 22.9. The third-order valence-electron chi connectivity index (χ3n) is 4.63. The molecule has 0 bridgehead atoms. The summed E-state index contributed by atoms with van der Waals surface area (Å²) in [6.45, 7) is 6.71. The quantitative estimate of drug-likeness (QED) is 0.385. The lowest BCUT2D eigenvalue weighted by Crippen LogP contribution is -2.36. The molecule has 1 fully saturated rings. The van der Waals surface area contributed by atoms with Crippen LogP contribution in [0.15, 0.2) is 46.0 Å². The van der Waals surface area contributed by atoms with Crippen LogP contribution in [0.1, 0.15) is 43.8 Å². The minimum atomic E-state index is -0.699. The lowest BCUT2D eigenvalue weighted by atomic mass is 9.94. The number of ether oxygens (including phenoxy) is 1. The number of aliphatic imine (C=N–C) groups is 1. The number of rotatable bonds is 4. The molecule has 1 aromatic heterocycles. The number of carbonyl (C=O) groups excluding carboxylic acids is 1. The second kappa shape index (κ2) is 10.0. The van der Waals surface area contributed by atoms with Gasteiger partial charge in [0.25, 0.3) is 0 Å². The van der Waals surface area contributed by atoms with Gasteiger partial charge in [-0.2, -0.15) is 0 Å². The van der Waals surface area contributed by atoms with Crippen molar-refractivity contribution < 1.29 is 13.9 Å². The number of allylic oxidation sites excluding steroid dienone is 1. The van der Waals surface area contributed by atoms with Crippen molar-refractivity contribution in [2.45, 2.75) is 38.1 Å². The molecule has 2 aliphatic rings. The topological polar surface area (TPSA) is 54.8 Å². The molecular weight excluding hydrogens is 493 g/mol. The Balaban J connectivity index is 0.00000124. The van der Waals surface area contributed by atoms with Gasteiger partial charge in [0.1, 0.15) is 11.9 Å². The maximum Gasteiger partial charge on any atom is 0.338 e. The molecule has 2 unspecified atom stereocenters. The van der Waals surface area contributed by atoms with Crippen molar-refractivity contribution >= 4 is 50.7 Å². The fraction of sp³-hybridized carbons (Fsp3) is 0.381. The second-order valence-corrected chi connectivity index (χ2v) is 8.69. The number of nitrogens with zero attached hydrogens (tertiary/aromatic N) is 3. The van der Waals surface area contributed by atoms with Crippen molar-refractivity contribution in [3.05, 3.63) is 62.5 Å². The zero-order valence-corrected chi connectivity index (χ0v) is 20.0. The van der Waals surface area contributed by atoms with Gasteiger partial charge in [-0.1, -0.05) is 47.4 Å². The minimum Gasteiger partial charge on any atom is -0.463 e. The predicted molar refractivity (Wildman–Crippen MR) is 122 cm³/mol. The van der Waals surface area contributed by atoms with Crippen LogP contribution < -0.4 is 0 Å². The summed E-state index contributed by atoms with van der Waals surface area (Å²) in [5.41, 5.74) is 1.79. The van der Waals surface area contributed by atoms with Crippen LogP contribution in [0.5, 0.6) is 0 Å². The van der Waals surface area contributed by atoms with Crippen molar-refractivity contribution in [3.8, 4) is 0 Å². The molecule has 4 rings (SSSR count). The van der Waals surface area contributed by atoms with E-state index in [-0.39, 0.29) is 16.5 Å². The van der Waals surface area contributed by atoms with Crippen LogP contribution in [-0.4, -0.2) is 39.7 Å². The molecule has 160 valence electrons. The highest BCUT2D eigenvalue weighted by Crippen LogP contribution is 2.44. The number of fused-ring (bicyclic) bond motifs is 1. The van der Waals surface area contributed by atoms with Gasteiger partial charge in [0.15, 0.2) is 10.8 Å². The largest absolute Gasteiger partial charge is 0.463 e. The molecule has 1 aromatic carbocycles. The zero-order valence-electron chi connectivity index (χ0n) is 16.9. The Bertz CT molecular complexity index is 981. The standard InChI is InChI=1S/C19H16BrClFN3O2S.C2H6/c1-2-27-19(26)14-15(11-4-3-10(22)9-13(11)21)24-17(18-23-6-8-28-18)25-7-5-12(20)16(14)25;1-2/h3-4,6,8-9,12,15H,2,5,7H2,1H3;1-2H3. The Morgan fingerprint density at radius 3 is 2.83 bits per heavy atom. The lowest BCUT2D eigenvalue weighted by molar-refractivity contribution is -0.139. The number of amidine groups is 1. The van der Waals surface area contributed by atoms with E-state index in [0.29, 0.717) is 23.5 Å². The summed E-state index contributed by atoms with van der Waals surface area (Å²) >= 11 is 11.5. The molecule has 3 heterocycles. The number of esters is 1. The molecule has 9 heteroatoms. The second-order valence-electron chi connectivity index (χ2n) is 6.29. The van der Waals surface area contributed by atoms with Gasteiger partial charge in [0.2, 0.25) is 0 Å². The van der Waals surface area contributed by atoms with Gasteiger partial charge < -0.3 is 9.64 Å². The molecule has 5 nitrogen and oxygen atoms in total. The van der Waals surface area contributed by atoms with Gasteiger partial charge in [-0.3, -0.25) is 4.99 Å². The van der Waals surface area contributed by atoms with E-state index in [9.17, 15) is 9.18 Å². The zero-order chi connectivity index (χ0) is 21.8. The first-order valence-corrected chi connectivity index (χ1v) is 11.9. The van der Waals surface area contributed by atoms with Crippen molar-refractivity contribution in [3.63, 3.8) is 0 Å². The summed E-state index contributed by atoms with van der Waals surface area (Å²) in [4.78, 5) is 24.1. The summed E-state index contributed by atoms with van der Waals surface area (Å²) in [6, 6.07) is 3.42. The van der Waals surface area contributed by atoms with Crippen LogP contribution in [-0.2, 0) is 9.53 Å². The van der Waals surface area contributed by atoms with E-state index in [0.717, 1.165) is 17.1 Å². The van der Waals surface area contributed by atoms with E-state index in [1.807, 2.05) is 24.1 Å². The van der Waals surface area contributed by atoms with Crippen LogP contribution in [0.3, 0.4) is 0 Å². The molecule has 2 aromatic rings. The van der Waals surface area contributed by atoms with Crippen LogP contribution in [0.25, 0.3) is 0 Å². The lowest BCUT2D eigenvalue weighted by Gasteiger charge is -2.32. The molecule has 0 saturated carbocycles. The van der Waals surface area contributed by atoms with E-state index in [1.54, 1.807) is 19.2 Å². The number of halogens is 3. The van der Waals surface area contributed by atoms with Crippen molar-refractivity contribution in [1.29, 1.82) is 0 Å². The molecule has 2 atom stereocenters. The third-order valence-corrected chi connectivity index (χ3v) is 6.61. The smallest absolute Gasteiger partial charge is 0.338 e. The number of alkyl halides is 1. The predicted octanol–water partition coefficient (Wildman–Crippen LogP) is 5.75. The van der Waals surface area contributed by atoms with E-state index in [2.05, 4.69) is 20.9 Å². The average Bonchev–Trinajstić information content (AvgIpc) is 3.39. The fourth-order valence-corrected chi connectivity index (χ4v) is 5.09. The van der Waals surface area contributed by atoms with Crippen molar-refractivity contribution in [2.75, 3.05) is 13.2 Å². The van der Waals surface area contributed by atoms with Crippen molar-refractivity contribution in [2.24, 2.45) is 4.99 Å². The number of aromatic nitrogens is 1. The van der Waals surface area contributed by atoms with Gasteiger partial charge in [-0.25, -0.2) is 14.2 Å². The molecular formula is C21H22BrClFN3O2S. The molecule has 0 radical (unpaired) electrons. The van der Waals surface area contributed by atoms with Crippen molar-refractivity contribution in [1.82, 2.24) is 9.88 Å². The fourth-order valence-electron chi connectivity index (χ4n) is 3.48. The molecule has 0 aliphatic carbocycles. The number of hydrogen-bond donors (Lipinski definition) is 0. The Morgan fingerprint density at radius 2 is 2.20 bits per heavy atom. The Morgan fingerprint density at radius 1 is 1.43 bits per heavy atom. The molecule has 0 spiro atoms.